The number of rotatable bonds is 5. The number of nitrogens with one attached hydrogen (secondary N) is 1. The highest BCUT2D eigenvalue weighted by molar-refractivity contribution is 8.01. The summed E-state index contributed by atoms with van der Waals surface area (Å²) in [7, 11) is 0. The Morgan fingerprint density at radius 2 is 2.08 bits per heavy atom. The number of fused-ring (bicyclic) bond motifs is 1. The zero-order valence-electron chi connectivity index (χ0n) is 14.3. The molecule has 6 nitrogen and oxygen atoms in total. The van der Waals surface area contributed by atoms with Crippen LogP contribution in [0, 0.1) is 5.92 Å². The molecule has 0 atom stereocenters. The summed E-state index contributed by atoms with van der Waals surface area (Å²) >= 11 is 4.80. The standard InChI is InChI=1S/C17H19N5OS3/c1-2-24-17-21-20-15(26-17)19-14(23)11-7-9-22(10-8-11)16-18-12-5-3-4-6-13(12)25-16/h3-6,11H,2,7-10H2,1H3,(H,19,20,23). The number of thiazole rings is 1. The van der Waals surface area contributed by atoms with E-state index in [1.165, 1.54) is 16.0 Å². The molecule has 1 fully saturated rings. The number of carbonyl (C=O) groups is 1. The van der Waals surface area contributed by atoms with Gasteiger partial charge in [-0.3, -0.25) is 4.79 Å². The fourth-order valence-corrected chi connectivity index (χ4v) is 5.65. The number of thioether (sulfide) groups is 1. The number of benzene rings is 1. The second kappa shape index (κ2) is 7.89. The summed E-state index contributed by atoms with van der Waals surface area (Å²) in [4.78, 5) is 19.5. The molecule has 0 unspecified atom stereocenters. The van der Waals surface area contributed by atoms with Crippen molar-refractivity contribution in [3.05, 3.63) is 24.3 Å². The van der Waals surface area contributed by atoms with Crippen LogP contribution in [0.25, 0.3) is 10.2 Å². The lowest BCUT2D eigenvalue weighted by Gasteiger charge is -2.30. The van der Waals surface area contributed by atoms with E-state index in [9.17, 15) is 4.79 Å². The summed E-state index contributed by atoms with van der Waals surface area (Å²) in [6.07, 6.45) is 1.66. The van der Waals surface area contributed by atoms with E-state index in [1.54, 1.807) is 23.1 Å². The normalized spacial score (nSPS) is 15.5. The van der Waals surface area contributed by atoms with Crippen molar-refractivity contribution >= 4 is 60.8 Å². The van der Waals surface area contributed by atoms with Crippen molar-refractivity contribution in [2.75, 3.05) is 29.1 Å². The SMILES string of the molecule is CCSc1nnc(NC(=O)C2CCN(c3nc4ccccc4s3)CC2)s1. The lowest BCUT2D eigenvalue weighted by atomic mass is 9.96. The number of aromatic nitrogens is 3. The number of nitrogens with zero attached hydrogens (tertiary/aromatic N) is 4. The molecule has 4 rings (SSSR count). The van der Waals surface area contributed by atoms with Crippen LogP contribution in [0.1, 0.15) is 19.8 Å². The van der Waals surface area contributed by atoms with Crippen LogP contribution in [-0.4, -0.2) is 39.9 Å². The number of amides is 1. The third kappa shape index (κ3) is 3.84. The summed E-state index contributed by atoms with van der Waals surface area (Å²) in [5.74, 6) is 1.03. The van der Waals surface area contributed by atoms with Crippen molar-refractivity contribution in [1.29, 1.82) is 0 Å². The third-order valence-electron chi connectivity index (χ3n) is 4.32. The van der Waals surface area contributed by atoms with Crippen LogP contribution in [0.5, 0.6) is 0 Å². The van der Waals surface area contributed by atoms with Gasteiger partial charge in [-0.25, -0.2) is 4.98 Å². The van der Waals surface area contributed by atoms with Gasteiger partial charge in [0.05, 0.1) is 10.2 Å². The molecule has 1 amide bonds. The summed E-state index contributed by atoms with van der Waals surface area (Å²) < 4.78 is 2.10. The van der Waals surface area contributed by atoms with Crippen molar-refractivity contribution in [3.63, 3.8) is 0 Å². The van der Waals surface area contributed by atoms with Gasteiger partial charge >= 0.3 is 0 Å². The second-order valence-corrected chi connectivity index (χ2v) is 9.52. The quantitative estimate of drug-likeness (QED) is 0.509. The predicted molar refractivity (Wildman–Crippen MR) is 109 cm³/mol. The van der Waals surface area contributed by atoms with Crippen molar-refractivity contribution in [2.24, 2.45) is 5.92 Å². The minimum atomic E-state index is 0.0202. The molecule has 0 aliphatic carbocycles. The number of anilines is 2. The fourth-order valence-electron chi connectivity index (χ4n) is 2.98. The molecular formula is C17H19N5OS3. The van der Waals surface area contributed by atoms with E-state index in [0.717, 1.165) is 46.7 Å². The monoisotopic (exact) mass is 405 g/mol. The number of para-hydroxylation sites is 1. The van der Waals surface area contributed by atoms with E-state index in [4.69, 9.17) is 4.98 Å². The molecule has 9 heteroatoms. The summed E-state index contributed by atoms with van der Waals surface area (Å²) in [5, 5.41) is 12.7. The van der Waals surface area contributed by atoms with Gasteiger partial charge < -0.3 is 10.2 Å². The number of piperidine rings is 1. The molecule has 3 heterocycles. The highest BCUT2D eigenvalue weighted by Crippen LogP contribution is 2.32. The van der Waals surface area contributed by atoms with Crippen molar-refractivity contribution in [3.8, 4) is 0 Å². The zero-order chi connectivity index (χ0) is 17.9. The number of hydrogen-bond acceptors (Lipinski definition) is 8. The molecule has 0 spiro atoms. The fraction of sp³-hybridized carbons (Fsp3) is 0.412. The van der Waals surface area contributed by atoms with Crippen LogP contribution in [0.15, 0.2) is 28.6 Å². The van der Waals surface area contributed by atoms with E-state index in [0.29, 0.717) is 5.13 Å². The molecule has 26 heavy (non-hydrogen) atoms. The van der Waals surface area contributed by atoms with Gasteiger partial charge in [0, 0.05) is 19.0 Å². The molecular weight excluding hydrogens is 386 g/mol. The Kier molecular flexibility index (Phi) is 5.37. The van der Waals surface area contributed by atoms with E-state index in [2.05, 4.69) is 33.4 Å². The molecule has 1 aromatic carbocycles. The molecule has 2 aromatic heterocycles. The Morgan fingerprint density at radius 1 is 1.27 bits per heavy atom. The Balaban J connectivity index is 1.34. The molecule has 1 aliphatic heterocycles. The maximum absolute atomic E-state index is 12.5. The predicted octanol–water partition coefficient (Wildman–Crippen LogP) is 4.11. The maximum atomic E-state index is 12.5. The maximum Gasteiger partial charge on any atom is 0.229 e. The van der Waals surface area contributed by atoms with Gasteiger partial charge in [-0.2, -0.15) is 0 Å². The van der Waals surface area contributed by atoms with Crippen LogP contribution >= 0.6 is 34.4 Å². The van der Waals surface area contributed by atoms with Crippen LogP contribution in [0.2, 0.25) is 0 Å². The lowest BCUT2D eigenvalue weighted by Crippen LogP contribution is -2.38. The molecule has 1 aliphatic rings. The van der Waals surface area contributed by atoms with Gasteiger partial charge in [0.25, 0.3) is 0 Å². The first-order valence-electron chi connectivity index (χ1n) is 8.60. The summed E-state index contributed by atoms with van der Waals surface area (Å²) in [6.45, 7) is 3.78. The van der Waals surface area contributed by atoms with E-state index in [-0.39, 0.29) is 11.8 Å². The van der Waals surface area contributed by atoms with Gasteiger partial charge in [0.15, 0.2) is 9.47 Å². The van der Waals surface area contributed by atoms with Crippen molar-refractivity contribution in [1.82, 2.24) is 15.2 Å². The number of carbonyl (C=O) groups excluding carboxylic acids is 1. The molecule has 3 aromatic rings. The molecule has 0 saturated carbocycles. The molecule has 1 saturated heterocycles. The minimum Gasteiger partial charge on any atom is -0.348 e. The molecule has 0 bridgehead atoms. The first-order valence-corrected chi connectivity index (χ1v) is 11.2. The number of hydrogen-bond donors (Lipinski definition) is 1. The van der Waals surface area contributed by atoms with E-state index in [1.807, 2.05) is 18.2 Å². The Labute approximate surface area is 164 Å². The Bertz CT molecular complexity index is 868. The van der Waals surface area contributed by atoms with Gasteiger partial charge in [0.1, 0.15) is 0 Å². The van der Waals surface area contributed by atoms with Gasteiger partial charge in [0.2, 0.25) is 11.0 Å². The average molecular weight is 406 g/mol. The van der Waals surface area contributed by atoms with Crippen LogP contribution < -0.4 is 10.2 Å². The third-order valence-corrected chi connectivity index (χ3v) is 7.27. The zero-order valence-corrected chi connectivity index (χ0v) is 16.8. The summed E-state index contributed by atoms with van der Waals surface area (Å²) in [5.41, 5.74) is 1.05. The Hall–Kier alpha value is -1.71. The van der Waals surface area contributed by atoms with Crippen molar-refractivity contribution in [2.45, 2.75) is 24.1 Å². The average Bonchev–Trinajstić information content (AvgIpc) is 3.29. The highest BCUT2D eigenvalue weighted by Gasteiger charge is 2.27. The largest absolute Gasteiger partial charge is 0.348 e. The minimum absolute atomic E-state index is 0.0202. The van der Waals surface area contributed by atoms with Crippen LogP contribution in [-0.2, 0) is 4.79 Å². The van der Waals surface area contributed by atoms with Gasteiger partial charge in [-0.15, -0.1) is 10.2 Å². The molecule has 1 N–H and O–H groups in total. The molecule has 136 valence electrons. The second-order valence-electron chi connectivity index (χ2n) is 6.02. The van der Waals surface area contributed by atoms with Gasteiger partial charge in [-0.1, -0.05) is 53.5 Å². The van der Waals surface area contributed by atoms with Crippen LogP contribution in [0.4, 0.5) is 10.3 Å². The lowest BCUT2D eigenvalue weighted by molar-refractivity contribution is -0.120. The highest BCUT2D eigenvalue weighted by atomic mass is 32.2. The van der Waals surface area contributed by atoms with Crippen molar-refractivity contribution < 1.29 is 4.79 Å². The first kappa shape index (κ1) is 17.7. The Morgan fingerprint density at radius 3 is 2.85 bits per heavy atom. The summed E-state index contributed by atoms with van der Waals surface area (Å²) in [6, 6.07) is 8.20. The smallest absolute Gasteiger partial charge is 0.229 e. The van der Waals surface area contributed by atoms with Crippen LogP contribution in [0.3, 0.4) is 0 Å². The first-order chi connectivity index (χ1) is 12.7. The van der Waals surface area contributed by atoms with E-state index < -0.39 is 0 Å². The topological polar surface area (TPSA) is 71.0 Å². The van der Waals surface area contributed by atoms with Gasteiger partial charge in [-0.05, 0) is 30.7 Å². The molecule has 0 radical (unpaired) electrons. The van der Waals surface area contributed by atoms with E-state index >= 15 is 0 Å².